The predicted molar refractivity (Wildman–Crippen MR) is 154 cm³/mol. The molecule has 222 valence electrons. The first-order chi connectivity index (χ1) is 21.5. The van der Waals surface area contributed by atoms with Crippen LogP contribution in [-0.4, -0.2) is 58.2 Å². The normalized spacial score (nSPS) is 16.2. The monoisotopic (exact) mass is 593 g/mol. The molecule has 44 heavy (non-hydrogen) atoms. The largest absolute Gasteiger partial charge is 0.503 e. The summed E-state index contributed by atoms with van der Waals surface area (Å²) >= 11 is 0. The minimum Gasteiger partial charge on any atom is -0.503 e. The van der Waals surface area contributed by atoms with Crippen molar-refractivity contribution >= 4 is 12.0 Å². The van der Waals surface area contributed by atoms with Crippen LogP contribution in [0, 0.1) is 11.3 Å². The number of aryl methyl sites for hydroxylation is 1. The third kappa shape index (κ3) is 6.16. The molecule has 0 atom stereocenters. The van der Waals surface area contributed by atoms with Gasteiger partial charge in [-0.25, -0.2) is 24.6 Å². The first kappa shape index (κ1) is 28.3. The quantitative estimate of drug-likeness (QED) is 0.268. The van der Waals surface area contributed by atoms with Gasteiger partial charge in [-0.05, 0) is 31.2 Å². The summed E-state index contributed by atoms with van der Waals surface area (Å²) in [7, 11) is 1.83. The average molecular weight is 594 g/mol. The molecule has 0 radical (unpaired) electrons. The molecule has 4 aromatic heterocycles. The fourth-order valence-corrected chi connectivity index (χ4v) is 5.00. The molecule has 14 heteroatoms. The topological polar surface area (TPSA) is 178 Å². The molecular weight excluding hydrogens is 566 g/mol. The van der Waals surface area contributed by atoms with E-state index in [4.69, 9.17) is 14.0 Å². The van der Waals surface area contributed by atoms with Crippen LogP contribution in [0.4, 0.5) is 10.7 Å². The maximum Gasteiger partial charge on any atom is 0.417 e. The van der Waals surface area contributed by atoms with Crippen molar-refractivity contribution in [2.24, 2.45) is 7.05 Å². The number of ether oxygens (including phenoxy) is 2. The van der Waals surface area contributed by atoms with Gasteiger partial charge in [0.2, 0.25) is 5.95 Å². The van der Waals surface area contributed by atoms with Crippen LogP contribution < -0.4 is 9.64 Å². The second-order valence-corrected chi connectivity index (χ2v) is 10.2. The van der Waals surface area contributed by atoms with E-state index >= 15 is 0 Å². The van der Waals surface area contributed by atoms with E-state index in [1.807, 2.05) is 49.6 Å². The van der Waals surface area contributed by atoms with Gasteiger partial charge in [0.15, 0.2) is 17.7 Å². The number of carbonyl (C=O) groups is 1. The number of benzene rings is 1. The SMILES string of the molecule is Cn1cc(-c2cnc(N(C(=O)OCc3ccccc3)C3CCC(Oc4ncc(C#N)c(-c5nocc5O)n4)CC3)nc2)cn1. The molecule has 0 spiro atoms. The lowest BCUT2D eigenvalue weighted by Crippen LogP contribution is -2.45. The molecule has 1 aromatic carbocycles. The lowest BCUT2D eigenvalue weighted by molar-refractivity contribution is 0.121. The van der Waals surface area contributed by atoms with E-state index in [9.17, 15) is 15.2 Å². The predicted octanol–water partition coefficient (Wildman–Crippen LogP) is 4.43. The maximum atomic E-state index is 13.5. The molecule has 14 nitrogen and oxygen atoms in total. The minimum atomic E-state index is -0.542. The summed E-state index contributed by atoms with van der Waals surface area (Å²) < 4.78 is 18.2. The van der Waals surface area contributed by atoms with Crippen molar-refractivity contribution in [1.82, 2.24) is 34.9 Å². The Morgan fingerprint density at radius 3 is 2.50 bits per heavy atom. The number of aromatic hydroxyl groups is 1. The molecule has 1 N–H and O–H groups in total. The van der Waals surface area contributed by atoms with Gasteiger partial charge < -0.3 is 19.1 Å². The zero-order valence-corrected chi connectivity index (χ0v) is 23.6. The highest BCUT2D eigenvalue weighted by molar-refractivity contribution is 5.86. The number of aromatic nitrogens is 7. The molecule has 6 rings (SSSR count). The van der Waals surface area contributed by atoms with Gasteiger partial charge in [0.1, 0.15) is 24.5 Å². The van der Waals surface area contributed by atoms with Gasteiger partial charge in [-0.1, -0.05) is 35.5 Å². The molecule has 1 aliphatic carbocycles. The van der Waals surface area contributed by atoms with Gasteiger partial charge in [0, 0.05) is 42.8 Å². The Kier molecular flexibility index (Phi) is 8.08. The molecule has 1 saturated carbocycles. The van der Waals surface area contributed by atoms with E-state index in [1.165, 1.54) is 11.1 Å². The maximum absolute atomic E-state index is 13.5. The van der Waals surface area contributed by atoms with Crippen molar-refractivity contribution in [2.45, 2.75) is 44.4 Å². The number of anilines is 1. The lowest BCUT2D eigenvalue weighted by Gasteiger charge is -2.34. The number of hydrogen-bond donors (Lipinski definition) is 1. The highest BCUT2D eigenvalue weighted by Crippen LogP contribution is 2.32. The van der Waals surface area contributed by atoms with Crippen LogP contribution >= 0.6 is 0 Å². The summed E-state index contributed by atoms with van der Waals surface area (Å²) in [6.45, 7) is 0.113. The summed E-state index contributed by atoms with van der Waals surface area (Å²) in [6, 6.07) is 11.2. The number of carbonyl (C=O) groups excluding carboxylic acids is 1. The number of amides is 1. The van der Waals surface area contributed by atoms with Crippen LogP contribution in [0.15, 0.2) is 72.1 Å². The van der Waals surface area contributed by atoms with Crippen molar-refractivity contribution in [3.05, 3.63) is 78.7 Å². The van der Waals surface area contributed by atoms with Crippen LogP contribution in [0.5, 0.6) is 11.8 Å². The Balaban J connectivity index is 1.17. The van der Waals surface area contributed by atoms with Crippen LogP contribution in [0.25, 0.3) is 22.5 Å². The molecule has 5 aromatic rings. The smallest absolute Gasteiger partial charge is 0.417 e. The molecule has 0 bridgehead atoms. The first-order valence-electron chi connectivity index (χ1n) is 13.9. The summed E-state index contributed by atoms with van der Waals surface area (Å²) in [5, 5.41) is 27.4. The van der Waals surface area contributed by atoms with Gasteiger partial charge in [-0.3, -0.25) is 4.68 Å². The summed E-state index contributed by atoms with van der Waals surface area (Å²) in [5.74, 6) is -0.00542. The molecule has 4 heterocycles. The van der Waals surface area contributed by atoms with E-state index in [1.54, 1.807) is 23.3 Å². The van der Waals surface area contributed by atoms with Crippen molar-refractivity contribution in [3.63, 3.8) is 0 Å². The van der Waals surface area contributed by atoms with Crippen LogP contribution in [0.2, 0.25) is 0 Å². The molecule has 1 fully saturated rings. The number of nitriles is 1. The fraction of sp³-hybridized carbons (Fsp3) is 0.267. The second kappa shape index (κ2) is 12.6. The average Bonchev–Trinajstić information content (AvgIpc) is 3.69. The van der Waals surface area contributed by atoms with Crippen LogP contribution in [0.3, 0.4) is 0 Å². The van der Waals surface area contributed by atoms with E-state index in [-0.39, 0.29) is 53.4 Å². The molecule has 1 amide bonds. The number of hydrogen-bond acceptors (Lipinski definition) is 12. The zero-order chi connectivity index (χ0) is 30.5. The van der Waals surface area contributed by atoms with Gasteiger partial charge in [-0.15, -0.1) is 0 Å². The third-order valence-corrected chi connectivity index (χ3v) is 7.24. The number of rotatable bonds is 8. The Bertz CT molecular complexity index is 1770. The van der Waals surface area contributed by atoms with E-state index in [0.717, 1.165) is 23.0 Å². The first-order valence-corrected chi connectivity index (χ1v) is 13.9. The minimum absolute atomic E-state index is 0.0247. The fourth-order valence-electron chi connectivity index (χ4n) is 5.00. The third-order valence-electron chi connectivity index (χ3n) is 7.24. The molecule has 0 unspecified atom stereocenters. The molecule has 0 aliphatic heterocycles. The molecular formula is C30H27N9O5. The summed E-state index contributed by atoms with van der Waals surface area (Å²) in [5.41, 5.74) is 2.75. The van der Waals surface area contributed by atoms with Crippen molar-refractivity contribution in [3.8, 4) is 40.3 Å². The highest BCUT2D eigenvalue weighted by atomic mass is 16.6. The van der Waals surface area contributed by atoms with Crippen LogP contribution in [0.1, 0.15) is 36.8 Å². The van der Waals surface area contributed by atoms with Gasteiger partial charge in [0.05, 0.1) is 18.0 Å². The van der Waals surface area contributed by atoms with Gasteiger partial charge in [0.25, 0.3) is 0 Å². The summed E-state index contributed by atoms with van der Waals surface area (Å²) in [4.78, 5) is 32.5. The van der Waals surface area contributed by atoms with Gasteiger partial charge >= 0.3 is 12.1 Å². The Labute approximate surface area is 251 Å². The second-order valence-electron chi connectivity index (χ2n) is 10.2. The molecule has 1 aliphatic rings. The van der Waals surface area contributed by atoms with Crippen molar-refractivity contribution in [2.75, 3.05) is 4.90 Å². The Morgan fingerprint density at radius 2 is 1.84 bits per heavy atom. The number of nitrogens with zero attached hydrogens (tertiary/aromatic N) is 9. The van der Waals surface area contributed by atoms with Crippen molar-refractivity contribution < 1.29 is 23.9 Å². The van der Waals surface area contributed by atoms with E-state index in [0.29, 0.717) is 25.7 Å². The molecule has 0 saturated heterocycles. The zero-order valence-electron chi connectivity index (χ0n) is 23.6. The van der Waals surface area contributed by atoms with Gasteiger partial charge in [-0.2, -0.15) is 15.3 Å². The Morgan fingerprint density at radius 1 is 1.07 bits per heavy atom. The summed E-state index contributed by atoms with van der Waals surface area (Å²) in [6.07, 6.45) is 10.8. The highest BCUT2D eigenvalue weighted by Gasteiger charge is 2.34. The van der Waals surface area contributed by atoms with E-state index in [2.05, 4.69) is 30.2 Å². The lowest BCUT2D eigenvalue weighted by atomic mass is 9.92. The van der Waals surface area contributed by atoms with E-state index < -0.39 is 6.09 Å². The van der Waals surface area contributed by atoms with Crippen molar-refractivity contribution in [1.29, 1.82) is 5.26 Å². The Hall–Kier alpha value is -5.84. The van der Waals surface area contributed by atoms with Crippen LogP contribution in [-0.2, 0) is 18.4 Å². The standard InChI is InChI=1S/C30H27N9O5/c1-38-16-22(15-35-38)21-13-32-28(33-14-21)39(30(41)42-17-19-5-3-2-4-6-19)23-7-9-24(10-8-23)44-29-34-12-20(11-31)26(36-29)27-25(40)18-43-37-27/h2-6,12-16,18,23-24,40H,7-10,17H2,1H3.